The van der Waals surface area contributed by atoms with Crippen molar-refractivity contribution in [3.05, 3.63) is 281 Å². The highest BCUT2D eigenvalue weighted by Gasteiger charge is 2.41. The fourth-order valence-corrected chi connectivity index (χ4v) is 17.7. The van der Waals surface area contributed by atoms with E-state index in [1.54, 1.807) is 0 Å². The van der Waals surface area contributed by atoms with Crippen molar-refractivity contribution in [1.29, 1.82) is 0 Å². The lowest BCUT2D eigenvalue weighted by atomic mass is 9.81. The van der Waals surface area contributed by atoms with Gasteiger partial charge in [0.1, 0.15) is 0 Å². The standard InChI is InChI=1S/C93H83N3/c1-88(2,3)58-26-31-61(32-27-58)94(64-36-39-70-79(52-64)91(10,11)75-42-24-54-20-16-18-22-66(54)84(70)75)63-35-38-68-72-46-57-49-83-73(47-56(57)48-77(72)93(14,15)78(68)51-63)69-41-45-82(86-74-50-60(90(7,8)9)30-44-81(74)96(83)87(69)86)95(62-33-28-59(29-34-62)89(4,5)6)65-37-40-71-80(53-65)92(12,13)76-43-25-55-21-17-19-23-67(55)85(71)76/h16-53H,1-15H3. The zero-order valence-corrected chi connectivity index (χ0v) is 58.3. The smallest absolute Gasteiger partial charge is 0.0641 e. The molecule has 0 atom stereocenters. The van der Waals surface area contributed by atoms with Gasteiger partial charge in [-0.15, -0.1) is 0 Å². The average molecular weight is 1240 g/mol. The van der Waals surface area contributed by atoms with Gasteiger partial charge in [-0.3, -0.25) is 0 Å². The molecule has 0 saturated heterocycles. The first kappa shape index (κ1) is 58.6. The molecule has 96 heavy (non-hydrogen) atoms. The van der Waals surface area contributed by atoms with E-state index in [9.17, 15) is 0 Å². The van der Waals surface area contributed by atoms with Crippen molar-refractivity contribution in [2.75, 3.05) is 9.80 Å². The zero-order valence-electron chi connectivity index (χ0n) is 58.3. The molecular formula is C93H83N3. The van der Waals surface area contributed by atoms with E-state index in [1.807, 2.05) is 0 Å². The Kier molecular flexibility index (Phi) is 12.0. The molecule has 13 aromatic carbocycles. The van der Waals surface area contributed by atoms with Crippen LogP contribution in [0, 0.1) is 0 Å². The van der Waals surface area contributed by atoms with E-state index in [2.05, 4.69) is 349 Å². The Balaban J connectivity index is 0.805. The first-order valence-corrected chi connectivity index (χ1v) is 34.8. The van der Waals surface area contributed by atoms with Crippen LogP contribution >= 0.6 is 0 Å². The summed E-state index contributed by atoms with van der Waals surface area (Å²) in [4.78, 5) is 5.08. The second-order valence-corrected chi connectivity index (χ2v) is 33.0. The number of anilines is 6. The Morgan fingerprint density at radius 2 is 0.729 bits per heavy atom. The van der Waals surface area contributed by atoms with E-state index >= 15 is 0 Å². The number of rotatable bonds is 6. The van der Waals surface area contributed by atoms with E-state index in [4.69, 9.17) is 0 Å². The van der Waals surface area contributed by atoms with Crippen molar-refractivity contribution >= 4 is 105 Å². The molecule has 2 heterocycles. The van der Waals surface area contributed by atoms with E-state index in [1.165, 1.54) is 165 Å². The SMILES string of the molecule is CC(C)(C)c1ccc(N(c2ccc3c(c2)C(C)(C)c2cc4cc5c6ccc(N(c7ccc(C(C)(C)C)cc7)c7ccc8c(c7)C(C)(C)c7ccc9ccccc9c7-8)c7c8cc(C(C)(C)C)ccc8n(c5cc4cc2-3)c67)c2ccc3c(c2)C(C)(C)c2ccc4ccccc4c2-3)cc1. The van der Waals surface area contributed by atoms with Crippen molar-refractivity contribution in [2.24, 2.45) is 0 Å². The van der Waals surface area contributed by atoms with Crippen LogP contribution in [0.4, 0.5) is 34.1 Å². The third-order valence-corrected chi connectivity index (χ3v) is 23.1. The predicted octanol–water partition coefficient (Wildman–Crippen LogP) is 26.0. The maximum absolute atomic E-state index is 2.61. The van der Waals surface area contributed by atoms with Crippen LogP contribution in [0.1, 0.15) is 154 Å². The minimum Gasteiger partial charge on any atom is -0.310 e. The Morgan fingerprint density at radius 3 is 1.27 bits per heavy atom. The summed E-state index contributed by atoms with van der Waals surface area (Å²) in [7, 11) is 0. The summed E-state index contributed by atoms with van der Waals surface area (Å²) >= 11 is 0. The van der Waals surface area contributed by atoms with Crippen LogP contribution in [0.15, 0.2) is 231 Å². The quantitative estimate of drug-likeness (QED) is 0.164. The van der Waals surface area contributed by atoms with Gasteiger partial charge in [-0.1, -0.05) is 231 Å². The molecule has 3 nitrogen and oxygen atoms in total. The van der Waals surface area contributed by atoms with Gasteiger partial charge in [0.25, 0.3) is 0 Å². The van der Waals surface area contributed by atoms with Crippen LogP contribution in [-0.4, -0.2) is 4.40 Å². The van der Waals surface area contributed by atoms with Gasteiger partial charge in [0.05, 0.1) is 22.2 Å². The minimum absolute atomic E-state index is 0.00651. The second-order valence-electron chi connectivity index (χ2n) is 33.0. The monoisotopic (exact) mass is 1240 g/mol. The molecule has 0 bridgehead atoms. The molecule has 2 aromatic heterocycles. The molecule has 18 rings (SSSR count). The van der Waals surface area contributed by atoms with E-state index in [0.29, 0.717) is 0 Å². The largest absolute Gasteiger partial charge is 0.310 e. The van der Waals surface area contributed by atoms with Crippen molar-refractivity contribution in [1.82, 2.24) is 4.40 Å². The highest BCUT2D eigenvalue weighted by molar-refractivity contribution is 6.29. The predicted molar refractivity (Wildman–Crippen MR) is 412 cm³/mol. The molecular weight excluding hydrogens is 1160 g/mol. The Labute approximate surface area is 565 Å². The lowest BCUT2D eigenvalue weighted by molar-refractivity contribution is 0.590. The Hall–Kier alpha value is -9.96. The van der Waals surface area contributed by atoms with Crippen molar-refractivity contribution < 1.29 is 0 Å². The van der Waals surface area contributed by atoms with Crippen LogP contribution in [0.3, 0.4) is 0 Å². The van der Waals surface area contributed by atoms with Gasteiger partial charge in [0.15, 0.2) is 0 Å². The summed E-state index contributed by atoms with van der Waals surface area (Å²) in [5.41, 5.74) is 30.2. The van der Waals surface area contributed by atoms with Crippen LogP contribution in [0.5, 0.6) is 0 Å². The number of hydrogen-bond donors (Lipinski definition) is 0. The lowest BCUT2D eigenvalue weighted by Crippen LogP contribution is -2.18. The van der Waals surface area contributed by atoms with Gasteiger partial charge in [0.2, 0.25) is 0 Å². The van der Waals surface area contributed by atoms with Gasteiger partial charge in [0, 0.05) is 66.2 Å². The average Bonchev–Trinajstić information content (AvgIpc) is 1.53. The van der Waals surface area contributed by atoms with Gasteiger partial charge >= 0.3 is 0 Å². The molecule has 0 amide bonds. The van der Waals surface area contributed by atoms with Crippen molar-refractivity contribution in [3.63, 3.8) is 0 Å². The molecule has 0 fully saturated rings. The maximum Gasteiger partial charge on any atom is 0.0641 e. The van der Waals surface area contributed by atoms with Crippen LogP contribution in [-0.2, 0) is 32.5 Å². The van der Waals surface area contributed by atoms with Crippen LogP contribution in [0.25, 0.3) is 104 Å². The molecule has 0 aliphatic heterocycles. The van der Waals surface area contributed by atoms with Gasteiger partial charge in [-0.25, -0.2) is 0 Å². The molecule has 15 aromatic rings. The minimum atomic E-state index is -0.280. The van der Waals surface area contributed by atoms with E-state index in [-0.39, 0.29) is 32.5 Å². The molecule has 3 heteroatoms. The number of hydrogen-bond acceptors (Lipinski definition) is 2. The molecule has 0 spiro atoms. The topological polar surface area (TPSA) is 10.9 Å². The number of nitrogens with zero attached hydrogens (tertiary/aromatic N) is 3. The molecule has 470 valence electrons. The van der Waals surface area contributed by atoms with Crippen LogP contribution < -0.4 is 9.80 Å². The first-order valence-electron chi connectivity index (χ1n) is 34.8. The Bertz CT molecular complexity index is 5840. The fraction of sp³-hybridized carbons (Fsp3) is 0.226. The number of fused-ring (bicyclic) bond motifs is 20. The highest BCUT2D eigenvalue weighted by atomic mass is 15.2. The third kappa shape index (κ3) is 8.25. The van der Waals surface area contributed by atoms with Crippen molar-refractivity contribution in [3.8, 4) is 33.4 Å². The summed E-state index contributed by atoms with van der Waals surface area (Å²) < 4.78 is 2.61. The maximum atomic E-state index is 2.61. The molecule has 0 N–H and O–H groups in total. The summed E-state index contributed by atoms with van der Waals surface area (Å²) in [6.45, 7) is 35.4. The summed E-state index contributed by atoms with van der Waals surface area (Å²) in [5.74, 6) is 0. The molecule has 0 unspecified atom stereocenters. The second kappa shape index (κ2) is 19.6. The molecule has 3 aliphatic rings. The van der Waals surface area contributed by atoms with Gasteiger partial charge in [-0.2, -0.15) is 0 Å². The summed E-state index contributed by atoms with van der Waals surface area (Å²) in [6.07, 6.45) is 0. The first-order chi connectivity index (χ1) is 45.7. The fourth-order valence-electron chi connectivity index (χ4n) is 17.7. The zero-order chi connectivity index (χ0) is 66.2. The number of aromatic nitrogens is 1. The Morgan fingerprint density at radius 1 is 0.281 bits per heavy atom. The lowest BCUT2D eigenvalue weighted by Gasteiger charge is -2.30. The third-order valence-electron chi connectivity index (χ3n) is 23.1. The van der Waals surface area contributed by atoms with Gasteiger partial charge in [-0.05, 0) is 235 Å². The number of benzene rings is 13. The molecule has 0 saturated carbocycles. The van der Waals surface area contributed by atoms with E-state index in [0.717, 1.165) is 22.7 Å². The normalized spacial score (nSPS) is 15.1. The molecule has 3 aliphatic carbocycles. The van der Waals surface area contributed by atoms with Crippen LogP contribution in [0.2, 0.25) is 0 Å². The summed E-state index contributed by atoms with van der Waals surface area (Å²) in [5, 5.41) is 12.8. The van der Waals surface area contributed by atoms with Crippen molar-refractivity contribution in [2.45, 2.75) is 136 Å². The molecule has 0 radical (unpaired) electrons. The highest BCUT2D eigenvalue weighted by Crippen LogP contribution is 2.58. The van der Waals surface area contributed by atoms with E-state index < -0.39 is 0 Å². The van der Waals surface area contributed by atoms with Gasteiger partial charge < -0.3 is 14.2 Å². The summed E-state index contributed by atoms with van der Waals surface area (Å²) in [6, 6.07) is 90.0.